The fourth-order valence-electron chi connectivity index (χ4n) is 2.64. The summed E-state index contributed by atoms with van der Waals surface area (Å²) in [5.74, 6) is -0.646. The molecule has 0 bridgehead atoms. The van der Waals surface area contributed by atoms with Gasteiger partial charge in [0.1, 0.15) is 5.82 Å². The van der Waals surface area contributed by atoms with Crippen LogP contribution in [0.2, 0.25) is 5.02 Å². The average Bonchev–Trinajstić information content (AvgIpc) is 2.60. The monoisotopic (exact) mass is 412 g/mol. The van der Waals surface area contributed by atoms with Crippen LogP contribution in [0.4, 0.5) is 10.1 Å². The van der Waals surface area contributed by atoms with Gasteiger partial charge in [-0.3, -0.25) is 9.10 Å². The van der Waals surface area contributed by atoms with Crippen LogP contribution in [0.15, 0.2) is 42.5 Å². The maximum absolute atomic E-state index is 13.6. The van der Waals surface area contributed by atoms with Crippen molar-refractivity contribution in [2.24, 2.45) is 0 Å². The third kappa shape index (κ3) is 5.94. The Kier molecular flexibility index (Phi) is 7.21. The van der Waals surface area contributed by atoms with Gasteiger partial charge in [-0.15, -0.1) is 0 Å². The number of nitrogens with one attached hydrogen (secondary N) is 1. The summed E-state index contributed by atoms with van der Waals surface area (Å²) in [5.41, 5.74) is 1.56. The summed E-state index contributed by atoms with van der Waals surface area (Å²) in [6.45, 7) is 1.98. The molecule has 1 N–H and O–H groups in total. The lowest BCUT2D eigenvalue weighted by atomic mass is 10.2. The van der Waals surface area contributed by atoms with Gasteiger partial charge in [0.05, 0.1) is 11.9 Å². The first kappa shape index (κ1) is 21.2. The second-order valence-electron chi connectivity index (χ2n) is 6.19. The number of nitrogens with zero attached hydrogens (tertiary/aromatic N) is 1. The molecule has 0 spiro atoms. The van der Waals surface area contributed by atoms with Crippen LogP contribution in [0.25, 0.3) is 0 Å². The standard InChI is InChI=1S/C19H22ClFN2O3S/c1-14-16(20)8-5-10-18(14)23(27(2,25)26)12-6-11-19(24)22-13-15-7-3-4-9-17(15)21/h3-5,7-10H,6,11-13H2,1-2H3,(H,22,24). The maximum Gasteiger partial charge on any atom is 0.232 e. The second-order valence-corrected chi connectivity index (χ2v) is 8.50. The molecule has 2 aromatic carbocycles. The number of carbonyl (C=O) groups is 1. The number of carbonyl (C=O) groups excluding carboxylic acids is 1. The first-order valence-electron chi connectivity index (χ1n) is 8.43. The lowest BCUT2D eigenvalue weighted by molar-refractivity contribution is -0.121. The minimum Gasteiger partial charge on any atom is -0.352 e. The Balaban J connectivity index is 1.95. The van der Waals surface area contributed by atoms with Crippen molar-refractivity contribution in [3.63, 3.8) is 0 Å². The van der Waals surface area contributed by atoms with E-state index in [-0.39, 0.29) is 31.2 Å². The minimum absolute atomic E-state index is 0.0920. The van der Waals surface area contributed by atoms with E-state index in [9.17, 15) is 17.6 Å². The molecule has 0 aromatic heterocycles. The van der Waals surface area contributed by atoms with E-state index in [4.69, 9.17) is 11.6 Å². The molecule has 8 heteroatoms. The third-order valence-corrected chi connectivity index (χ3v) is 5.70. The summed E-state index contributed by atoms with van der Waals surface area (Å²) < 4.78 is 39.1. The highest BCUT2D eigenvalue weighted by atomic mass is 35.5. The van der Waals surface area contributed by atoms with E-state index >= 15 is 0 Å². The van der Waals surface area contributed by atoms with E-state index in [1.165, 1.54) is 10.4 Å². The number of amides is 1. The molecule has 0 aliphatic rings. The molecule has 0 saturated carbocycles. The van der Waals surface area contributed by atoms with Crippen LogP contribution in [0.3, 0.4) is 0 Å². The molecule has 0 aliphatic carbocycles. The van der Waals surface area contributed by atoms with Crippen molar-refractivity contribution in [2.75, 3.05) is 17.1 Å². The fourth-order valence-corrected chi connectivity index (χ4v) is 3.82. The average molecular weight is 413 g/mol. The predicted octanol–water partition coefficient (Wildman–Crippen LogP) is 3.65. The molecule has 5 nitrogen and oxygen atoms in total. The highest BCUT2D eigenvalue weighted by Gasteiger charge is 2.20. The molecule has 27 heavy (non-hydrogen) atoms. The van der Waals surface area contributed by atoms with E-state index in [2.05, 4.69) is 5.32 Å². The van der Waals surface area contributed by atoms with E-state index in [0.717, 1.165) is 6.26 Å². The molecule has 0 unspecified atom stereocenters. The largest absolute Gasteiger partial charge is 0.352 e. The van der Waals surface area contributed by atoms with Crippen molar-refractivity contribution in [2.45, 2.75) is 26.3 Å². The van der Waals surface area contributed by atoms with Crippen LogP contribution in [-0.4, -0.2) is 27.1 Å². The zero-order chi connectivity index (χ0) is 20.0. The summed E-state index contributed by atoms with van der Waals surface area (Å²) in [6, 6.07) is 11.3. The summed E-state index contributed by atoms with van der Waals surface area (Å²) in [7, 11) is -3.52. The van der Waals surface area contributed by atoms with Gasteiger partial charge in [0.2, 0.25) is 15.9 Å². The number of hydrogen-bond donors (Lipinski definition) is 1. The zero-order valence-corrected chi connectivity index (χ0v) is 16.8. The highest BCUT2D eigenvalue weighted by molar-refractivity contribution is 7.92. The Labute approximate surface area is 164 Å². The van der Waals surface area contributed by atoms with Gasteiger partial charge in [0.25, 0.3) is 0 Å². The van der Waals surface area contributed by atoms with Gasteiger partial charge < -0.3 is 5.32 Å². The SMILES string of the molecule is Cc1c(Cl)cccc1N(CCCC(=O)NCc1ccccc1F)S(C)(=O)=O. The highest BCUT2D eigenvalue weighted by Crippen LogP contribution is 2.28. The summed E-state index contributed by atoms with van der Waals surface area (Å²) in [6.07, 6.45) is 1.56. The Morgan fingerprint density at radius 3 is 2.56 bits per heavy atom. The van der Waals surface area contributed by atoms with E-state index in [1.54, 1.807) is 43.3 Å². The molecule has 0 radical (unpaired) electrons. The molecule has 0 aliphatic heterocycles. The van der Waals surface area contributed by atoms with Crippen LogP contribution in [-0.2, 0) is 21.4 Å². The Morgan fingerprint density at radius 2 is 1.89 bits per heavy atom. The minimum atomic E-state index is -3.52. The van der Waals surface area contributed by atoms with Crippen molar-refractivity contribution < 1.29 is 17.6 Å². The molecule has 0 atom stereocenters. The van der Waals surface area contributed by atoms with E-state index in [1.807, 2.05) is 0 Å². The van der Waals surface area contributed by atoms with E-state index in [0.29, 0.717) is 28.3 Å². The van der Waals surface area contributed by atoms with Crippen LogP contribution < -0.4 is 9.62 Å². The Bertz CT molecular complexity index is 919. The smallest absolute Gasteiger partial charge is 0.232 e. The van der Waals surface area contributed by atoms with Gasteiger partial charge in [-0.05, 0) is 37.1 Å². The molecule has 0 heterocycles. The lowest BCUT2D eigenvalue weighted by Gasteiger charge is -2.24. The van der Waals surface area contributed by atoms with Crippen LogP contribution >= 0.6 is 11.6 Å². The second kappa shape index (κ2) is 9.19. The first-order valence-corrected chi connectivity index (χ1v) is 10.7. The van der Waals surface area contributed by atoms with Gasteiger partial charge in [0.15, 0.2) is 0 Å². The molecule has 2 aromatic rings. The van der Waals surface area contributed by atoms with Crippen molar-refractivity contribution >= 4 is 33.2 Å². The van der Waals surface area contributed by atoms with Gasteiger partial charge >= 0.3 is 0 Å². The molecule has 1 amide bonds. The first-order chi connectivity index (χ1) is 12.7. The number of halogens is 2. The molecule has 146 valence electrons. The van der Waals surface area contributed by atoms with Crippen molar-refractivity contribution in [1.82, 2.24) is 5.32 Å². The van der Waals surface area contributed by atoms with Gasteiger partial charge in [-0.2, -0.15) is 0 Å². The fraction of sp³-hybridized carbons (Fsp3) is 0.316. The van der Waals surface area contributed by atoms with Crippen LogP contribution in [0, 0.1) is 12.7 Å². The number of sulfonamides is 1. The molecule has 0 saturated heterocycles. The third-order valence-electron chi connectivity index (χ3n) is 4.11. The Hall–Kier alpha value is -2.12. The van der Waals surface area contributed by atoms with Gasteiger partial charge in [-0.1, -0.05) is 35.9 Å². The number of rotatable bonds is 8. The molecular formula is C19H22ClFN2O3S. The summed E-state index contributed by atoms with van der Waals surface area (Å²) in [4.78, 5) is 12.0. The number of benzene rings is 2. The molecular weight excluding hydrogens is 391 g/mol. The lowest BCUT2D eigenvalue weighted by Crippen LogP contribution is -2.32. The normalized spacial score (nSPS) is 11.3. The maximum atomic E-state index is 13.6. The van der Waals surface area contributed by atoms with Gasteiger partial charge in [-0.25, -0.2) is 12.8 Å². The number of anilines is 1. The Morgan fingerprint density at radius 1 is 1.19 bits per heavy atom. The van der Waals surface area contributed by atoms with Crippen LogP contribution in [0.1, 0.15) is 24.0 Å². The van der Waals surface area contributed by atoms with Crippen molar-refractivity contribution in [1.29, 1.82) is 0 Å². The van der Waals surface area contributed by atoms with Gasteiger partial charge in [0, 0.05) is 30.1 Å². The topological polar surface area (TPSA) is 66.5 Å². The van der Waals surface area contributed by atoms with Crippen molar-refractivity contribution in [3.8, 4) is 0 Å². The summed E-state index contributed by atoms with van der Waals surface area (Å²) >= 11 is 6.09. The number of hydrogen-bond acceptors (Lipinski definition) is 3. The van der Waals surface area contributed by atoms with Crippen molar-refractivity contribution in [3.05, 3.63) is 64.4 Å². The van der Waals surface area contributed by atoms with Crippen LogP contribution in [0.5, 0.6) is 0 Å². The molecule has 0 fully saturated rings. The summed E-state index contributed by atoms with van der Waals surface area (Å²) in [5, 5.41) is 3.12. The zero-order valence-electron chi connectivity index (χ0n) is 15.2. The van der Waals surface area contributed by atoms with E-state index < -0.39 is 10.0 Å². The quantitative estimate of drug-likeness (QED) is 0.719. The molecule has 2 rings (SSSR count). The predicted molar refractivity (Wildman–Crippen MR) is 106 cm³/mol.